The van der Waals surface area contributed by atoms with Crippen molar-refractivity contribution in [3.63, 3.8) is 0 Å². The van der Waals surface area contributed by atoms with Gasteiger partial charge in [-0.25, -0.2) is 0 Å². The van der Waals surface area contributed by atoms with E-state index in [9.17, 15) is 5.11 Å². The van der Waals surface area contributed by atoms with Gasteiger partial charge in [0.05, 0.1) is 6.10 Å². The highest BCUT2D eigenvalue weighted by Gasteiger charge is 2.02. The number of allylic oxidation sites excluding steroid dienone is 2. The Kier molecular flexibility index (Phi) is 6.59. The van der Waals surface area contributed by atoms with Crippen LogP contribution in [0.2, 0.25) is 0 Å². The van der Waals surface area contributed by atoms with Crippen LogP contribution in [0.25, 0.3) is 0 Å². The molecule has 1 aromatic carbocycles. The molecule has 0 saturated carbocycles. The van der Waals surface area contributed by atoms with Crippen molar-refractivity contribution in [3.05, 3.63) is 48.0 Å². The smallest absolute Gasteiger partial charge is 0.0543 e. The summed E-state index contributed by atoms with van der Waals surface area (Å²) in [6.45, 7) is 2.08. The summed E-state index contributed by atoms with van der Waals surface area (Å²) in [5.41, 5.74) is 1.32. The SMILES string of the molecule is Cc1ccccc1.OC1CCC=CCCC1. The molecule has 0 saturated heterocycles. The molecular formula is C15H22O. The summed E-state index contributed by atoms with van der Waals surface area (Å²) >= 11 is 0. The van der Waals surface area contributed by atoms with E-state index >= 15 is 0 Å². The van der Waals surface area contributed by atoms with E-state index in [1.807, 2.05) is 18.2 Å². The summed E-state index contributed by atoms with van der Waals surface area (Å²) < 4.78 is 0. The third-order valence-corrected chi connectivity index (χ3v) is 2.68. The molecule has 1 atom stereocenters. The lowest BCUT2D eigenvalue weighted by Crippen LogP contribution is -2.06. The normalized spacial score (nSPS) is 20.2. The minimum absolute atomic E-state index is 0.0325. The molecule has 0 fully saturated rings. The molecule has 1 aliphatic carbocycles. The minimum Gasteiger partial charge on any atom is -0.393 e. The van der Waals surface area contributed by atoms with Crippen molar-refractivity contribution >= 4 is 0 Å². The van der Waals surface area contributed by atoms with Gasteiger partial charge < -0.3 is 5.11 Å². The molecule has 1 N–H and O–H groups in total. The van der Waals surface area contributed by atoms with Crippen molar-refractivity contribution in [2.75, 3.05) is 0 Å². The molecule has 0 bridgehead atoms. The second-order valence-corrected chi connectivity index (χ2v) is 4.29. The largest absolute Gasteiger partial charge is 0.393 e. The fraction of sp³-hybridized carbons (Fsp3) is 0.467. The highest BCUT2D eigenvalue weighted by Crippen LogP contribution is 2.11. The first-order chi connectivity index (χ1) is 7.79. The van der Waals surface area contributed by atoms with Crippen molar-refractivity contribution < 1.29 is 5.11 Å². The molecule has 1 nitrogen and oxygen atoms in total. The van der Waals surface area contributed by atoms with Gasteiger partial charge in [-0.05, 0) is 39.0 Å². The number of aryl methyl sites for hydroxylation is 1. The lowest BCUT2D eigenvalue weighted by molar-refractivity contribution is 0.152. The maximum Gasteiger partial charge on any atom is 0.0543 e. The van der Waals surface area contributed by atoms with Crippen LogP contribution < -0.4 is 0 Å². The van der Waals surface area contributed by atoms with Gasteiger partial charge in [0.25, 0.3) is 0 Å². The standard InChI is InChI=1S/C8H14O.C7H8/c9-8-6-4-2-1-3-5-7-8;1-7-5-3-2-4-6-7/h1-2,8-9H,3-7H2;2-6H,1H3. The van der Waals surface area contributed by atoms with Gasteiger partial charge in [-0.2, -0.15) is 0 Å². The van der Waals surface area contributed by atoms with E-state index in [0.29, 0.717) is 0 Å². The number of hydrogen-bond acceptors (Lipinski definition) is 1. The summed E-state index contributed by atoms with van der Waals surface area (Å²) in [5.74, 6) is 0. The average Bonchev–Trinajstić information content (AvgIpc) is 2.26. The van der Waals surface area contributed by atoms with E-state index < -0.39 is 0 Å². The number of aliphatic hydroxyl groups excluding tert-OH is 1. The van der Waals surface area contributed by atoms with E-state index in [1.54, 1.807) is 0 Å². The van der Waals surface area contributed by atoms with Gasteiger partial charge in [-0.3, -0.25) is 0 Å². The second-order valence-electron chi connectivity index (χ2n) is 4.29. The van der Waals surface area contributed by atoms with Crippen LogP contribution in [0, 0.1) is 6.92 Å². The molecule has 1 unspecified atom stereocenters. The monoisotopic (exact) mass is 218 g/mol. The summed E-state index contributed by atoms with van der Waals surface area (Å²) in [4.78, 5) is 0. The third-order valence-electron chi connectivity index (χ3n) is 2.68. The first-order valence-corrected chi connectivity index (χ1v) is 6.14. The lowest BCUT2D eigenvalue weighted by atomic mass is 10.0. The molecule has 16 heavy (non-hydrogen) atoms. The predicted octanol–water partition coefficient (Wildman–Crippen LogP) is 3.86. The fourth-order valence-electron chi connectivity index (χ4n) is 1.67. The molecular weight excluding hydrogens is 196 g/mol. The van der Waals surface area contributed by atoms with Crippen LogP contribution in [0.1, 0.15) is 37.7 Å². The van der Waals surface area contributed by atoms with Gasteiger partial charge in [0.1, 0.15) is 0 Å². The molecule has 1 aliphatic rings. The molecule has 0 radical (unpaired) electrons. The van der Waals surface area contributed by atoms with Gasteiger partial charge in [0.15, 0.2) is 0 Å². The zero-order chi connectivity index (χ0) is 11.6. The van der Waals surface area contributed by atoms with Gasteiger partial charge in [0.2, 0.25) is 0 Å². The zero-order valence-corrected chi connectivity index (χ0v) is 10.1. The number of benzene rings is 1. The molecule has 0 aliphatic heterocycles. The highest BCUT2D eigenvalue weighted by molar-refractivity contribution is 5.11. The summed E-state index contributed by atoms with van der Waals surface area (Å²) in [6.07, 6.45) is 9.65. The van der Waals surface area contributed by atoms with Crippen LogP contribution >= 0.6 is 0 Å². The minimum atomic E-state index is -0.0325. The van der Waals surface area contributed by atoms with Gasteiger partial charge in [0, 0.05) is 0 Å². The van der Waals surface area contributed by atoms with Crippen LogP contribution in [-0.2, 0) is 0 Å². The van der Waals surface area contributed by atoms with Crippen molar-refractivity contribution in [1.29, 1.82) is 0 Å². The Morgan fingerprint density at radius 2 is 1.69 bits per heavy atom. The Morgan fingerprint density at radius 1 is 1.00 bits per heavy atom. The van der Waals surface area contributed by atoms with Crippen molar-refractivity contribution in [3.8, 4) is 0 Å². The first kappa shape index (κ1) is 13.0. The van der Waals surface area contributed by atoms with Crippen molar-refractivity contribution in [1.82, 2.24) is 0 Å². The number of hydrogen-bond donors (Lipinski definition) is 1. The molecule has 1 heteroatoms. The molecule has 0 amide bonds. The van der Waals surface area contributed by atoms with Crippen LogP contribution in [0.15, 0.2) is 42.5 Å². The van der Waals surface area contributed by atoms with E-state index in [0.717, 1.165) is 32.1 Å². The molecule has 1 aromatic rings. The fourth-order valence-corrected chi connectivity index (χ4v) is 1.67. The Labute approximate surface area is 98.8 Å². The molecule has 0 aromatic heterocycles. The lowest BCUT2D eigenvalue weighted by Gasteiger charge is -2.09. The number of aliphatic hydroxyl groups is 1. The van der Waals surface area contributed by atoms with Crippen molar-refractivity contribution in [2.45, 2.75) is 45.1 Å². The maximum absolute atomic E-state index is 9.18. The van der Waals surface area contributed by atoms with E-state index in [2.05, 4.69) is 31.2 Å². The maximum atomic E-state index is 9.18. The van der Waals surface area contributed by atoms with Crippen LogP contribution in [-0.4, -0.2) is 11.2 Å². The summed E-state index contributed by atoms with van der Waals surface area (Å²) in [5, 5.41) is 9.18. The molecule has 88 valence electrons. The highest BCUT2D eigenvalue weighted by atomic mass is 16.3. The summed E-state index contributed by atoms with van der Waals surface area (Å²) in [6, 6.07) is 10.3. The average molecular weight is 218 g/mol. The van der Waals surface area contributed by atoms with Crippen LogP contribution in [0.3, 0.4) is 0 Å². The first-order valence-electron chi connectivity index (χ1n) is 6.14. The van der Waals surface area contributed by atoms with Gasteiger partial charge in [-0.1, -0.05) is 48.0 Å². The Bertz CT molecular complexity index is 290. The van der Waals surface area contributed by atoms with Crippen molar-refractivity contribution in [2.24, 2.45) is 0 Å². The van der Waals surface area contributed by atoms with E-state index in [1.165, 1.54) is 5.56 Å². The zero-order valence-electron chi connectivity index (χ0n) is 10.1. The quantitative estimate of drug-likeness (QED) is 0.655. The van der Waals surface area contributed by atoms with Crippen LogP contribution in [0.4, 0.5) is 0 Å². The van der Waals surface area contributed by atoms with E-state index in [4.69, 9.17) is 0 Å². The third kappa shape index (κ3) is 6.41. The Morgan fingerprint density at radius 3 is 2.31 bits per heavy atom. The Balaban J connectivity index is 0.000000165. The number of rotatable bonds is 0. The Hall–Kier alpha value is -1.08. The second kappa shape index (κ2) is 8.12. The predicted molar refractivity (Wildman–Crippen MR) is 69.4 cm³/mol. The molecule has 0 heterocycles. The van der Waals surface area contributed by atoms with Crippen LogP contribution in [0.5, 0.6) is 0 Å². The molecule has 2 rings (SSSR count). The molecule has 0 spiro atoms. The topological polar surface area (TPSA) is 20.2 Å². The van der Waals surface area contributed by atoms with Gasteiger partial charge >= 0.3 is 0 Å². The van der Waals surface area contributed by atoms with Gasteiger partial charge in [-0.15, -0.1) is 0 Å². The summed E-state index contributed by atoms with van der Waals surface area (Å²) in [7, 11) is 0. The van der Waals surface area contributed by atoms with E-state index in [-0.39, 0.29) is 6.10 Å².